The number of rotatable bonds is 2. The van der Waals surface area contributed by atoms with Gasteiger partial charge in [0.15, 0.2) is 0 Å². The van der Waals surface area contributed by atoms with Crippen molar-refractivity contribution in [3.63, 3.8) is 0 Å². The van der Waals surface area contributed by atoms with E-state index in [0.29, 0.717) is 18.7 Å². The van der Waals surface area contributed by atoms with E-state index >= 15 is 0 Å². The lowest BCUT2D eigenvalue weighted by molar-refractivity contribution is -0.0444. The van der Waals surface area contributed by atoms with Crippen LogP contribution in [0.25, 0.3) is 0 Å². The monoisotopic (exact) mass is 283 g/mol. The fraction of sp³-hybridized carbons (Fsp3) is 0.538. The van der Waals surface area contributed by atoms with Crippen molar-refractivity contribution >= 4 is 23.3 Å². The molecule has 104 valence electrons. The van der Waals surface area contributed by atoms with Crippen LogP contribution in [-0.4, -0.2) is 41.1 Å². The molecule has 1 saturated heterocycles. The highest BCUT2D eigenvalue weighted by molar-refractivity contribution is 6.29. The third-order valence-electron chi connectivity index (χ3n) is 3.26. The maximum Gasteiger partial charge on any atom is 0.254 e. The van der Waals surface area contributed by atoms with Gasteiger partial charge in [0, 0.05) is 12.1 Å². The van der Waals surface area contributed by atoms with Crippen molar-refractivity contribution in [2.45, 2.75) is 32.4 Å². The lowest BCUT2D eigenvalue weighted by atomic mass is 10.1. The van der Waals surface area contributed by atoms with E-state index in [1.165, 1.54) is 0 Å². The molecule has 19 heavy (non-hydrogen) atoms. The number of pyridine rings is 1. The number of nitrogens with zero attached hydrogens (tertiary/aromatic N) is 2. The molecule has 0 saturated carbocycles. The minimum Gasteiger partial charge on any atom is -0.384 e. The molecule has 0 spiro atoms. The Hall–Kier alpha value is -1.33. The lowest BCUT2D eigenvalue weighted by Crippen LogP contribution is -2.51. The highest BCUT2D eigenvalue weighted by atomic mass is 35.5. The second-order valence-corrected chi connectivity index (χ2v) is 5.15. The number of aromatic nitrogens is 1. The van der Waals surface area contributed by atoms with Crippen LogP contribution in [0.2, 0.25) is 5.15 Å². The Morgan fingerprint density at radius 2 is 2.37 bits per heavy atom. The molecule has 2 unspecified atom stereocenters. The Balaban J connectivity index is 2.25. The van der Waals surface area contributed by atoms with Crippen molar-refractivity contribution in [2.24, 2.45) is 0 Å². The lowest BCUT2D eigenvalue weighted by Gasteiger charge is -2.38. The molecule has 2 atom stereocenters. The summed E-state index contributed by atoms with van der Waals surface area (Å²) >= 11 is 5.85. The van der Waals surface area contributed by atoms with Crippen LogP contribution in [0.1, 0.15) is 30.6 Å². The third-order valence-corrected chi connectivity index (χ3v) is 3.45. The number of anilines is 1. The first kappa shape index (κ1) is 14.1. The van der Waals surface area contributed by atoms with E-state index in [1.54, 1.807) is 12.1 Å². The van der Waals surface area contributed by atoms with Crippen LogP contribution in [0.5, 0.6) is 0 Å². The topological polar surface area (TPSA) is 68.5 Å². The summed E-state index contributed by atoms with van der Waals surface area (Å²) in [5.74, 6) is 0.184. The average Bonchev–Trinajstić information content (AvgIpc) is 2.36. The Morgan fingerprint density at radius 3 is 3.00 bits per heavy atom. The molecule has 0 aromatic carbocycles. The number of carbonyl (C=O) groups is 1. The summed E-state index contributed by atoms with van der Waals surface area (Å²) in [4.78, 5) is 18.2. The molecule has 0 bridgehead atoms. The molecule has 5 nitrogen and oxygen atoms in total. The zero-order valence-corrected chi connectivity index (χ0v) is 11.9. The number of hydrogen-bond acceptors (Lipinski definition) is 4. The van der Waals surface area contributed by atoms with Gasteiger partial charge in [-0.1, -0.05) is 18.5 Å². The molecule has 6 heteroatoms. The maximum absolute atomic E-state index is 12.5. The van der Waals surface area contributed by atoms with Crippen LogP contribution in [0.4, 0.5) is 5.82 Å². The zero-order chi connectivity index (χ0) is 14.0. The van der Waals surface area contributed by atoms with Crippen molar-refractivity contribution in [3.05, 3.63) is 22.8 Å². The molecule has 1 aromatic rings. The molecule has 1 aliphatic rings. The SMILES string of the molecule is CCC1COC(C)CN1C(=O)c1cc(N)nc(Cl)c1. The minimum absolute atomic E-state index is 0.0430. The predicted molar refractivity (Wildman–Crippen MR) is 74.2 cm³/mol. The van der Waals surface area contributed by atoms with Gasteiger partial charge in [-0.15, -0.1) is 0 Å². The Bertz CT molecular complexity index is 461. The van der Waals surface area contributed by atoms with E-state index in [4.69, 9.17) is 22.1 Å². The van der Waals surface area contributed by atoms with Crippen LogP contribution in [-0.2, 0) is 4.74 Å². The average molecular weight is 284 g/mol. The smallest absolute Gasteiger partial charge is 0.254 e. The molecule has 0 aliphatic carbocycles. The predicted octanol–water partition coefficient (Wildman–Crippen LogP) is 1.96. The van der Waals surface area contributed by atoms with Crippen molar-refractivity contribution in [2.75, 3.05) is 18.9 Å². The van der Waals surface area contributed by atoms with Crippen molar-refractivity contribution in [3.8, 4) is 0 Å². The molecular formula is C13H18ClN3O2. The summed E-state index contributed by atoms with van der Waals surface area (Å²) in [6.07, 6.45) is 0.897. The summed E-state index contributed by atoms with van der Waals surface area (Å²) in [7, 11) is 0. The summed E-state index contributed by atoms with van der Waals surface area (Å²) < 4.78 is 5.59. The fourth-order valence-electron chi connectivity index (χ4n) is 2.24. The highest BCUT2D eigenvalue weighted by Gasteiger charge is 2.30. The number of hydrogen-bond donors (Lipinski definition) is 1. The molecule has 2 N–H and O–H groups in total. The Morgan fingerprint density at radius 1 is 1.63 bits per heavy atom. The van der Waals surface area contributed by atoms with Crippen LogP contribution < -0.4 is 5.73 Å². The van der Waals surface area contributed by atoms with Crippen LogP contribution in [0.3, 0.4) is 0 Å². The van der Waals surface area contributed by atoms with Crippen molar-refractivity contribution in [1.29, 1.82) is 0 Å². The molecule has 1 aromatic heterocycles. The Kier molecular flexibility index (Phi) is 4.27. The van der Waals surface area contributed by atoms with Gasteiger partial charge in [-0.25, -0.2) is 4.98 Å². The van der Waals surface area contributed by atoms with Gasteiger partial charge in [0.2, 0.25) is 0 Å². The number of ether oxygens (including phenoxy) is 1. The van der Waals surface area contributed by atoms with Gasteiger partial charge in [0.25, 0.3) is 5.91 Å². The number of nitrogen functional groups attached to an aromatic ring is 1. The van der Waals surface area contributed by atoms with Gasteiger partial charge in [0.05, 0.1) is 18.8 Å². The van der Waals surface area contributed by atoms with E-state index in [2.05, 4.69) is 4.98 Å². The van der Waals surface area contributed by atoms with Gasteiger partial charge in [-0.05, 0) is 25.5 Å². The summed E-state index contributed by atoms with van der Waals surface area (Å²) in [5.41, 5.74) is 6.11. The number of nitrogens with two attached hydrogens (primary N) is 1. The molecule has 2 heterocycles. The van der Waals surface area contributed by atoms with E-state index in [1.807, 2.05) is 18.7 Å². The first-order chi connectivity index (χ1) is 9.01. The zero-order valence-electron chi connectivity index (χ0n) is 11.1. The van der Waals surface area contributed by atoms with Crippen LogP contribution in [0.15, 0.2) is 12.1 Å². The normalized spacial score (nSPS) is 23.4. The van der Waals surface area contributed by atoms with Gasteiger partial charge < -0.3 is 15.4 Å². The summed E-state index contributed by atoms with van der Waals surface area (Å²) in [6.45, 7) is 5.15. The van der Waals surface area contributed by atoms with Crippen molar-refractivity contribution in [1.82, 2.24) is 9.88 Å². The molecule has 0 radical (unpaired) electrons. The first-order valence-electron chi connectivity index (χ1n) is 6.37. The van der Waals surface area contributed by atoms with Crippen molar-refractivity contribution < 1.29 is 9.53 Å². The van der Waals surface area contributed by atoms with E-state index < -0.39 is 0 Å². The summed E-state index contributed by atoms with van der Waals surface area (Å²) in [5, 5.41) is 0.234. The molecule has 1 fully saturated rings. The van der Waals surface area contributed by atoms with Gasteiger partial charge in [0.1, 0.15) is 11.0 Å². The first-order valence-corrected chi connectivity index (χ1v) is 6.74. The van der Waals surface area contributed by atoms with Crippen LogP contribution >= 0.6 is 11.6 Å². The van der Waals surface area contributed by atoms with Gasteiger partial charge >= 0.3 is 0 Å². The largest absolute Gasteiger partial charge is 0.384 e. The Labute approximate surface area is 117 Å². The number of morpholine rings is 1. The number of halogens is 1. The van der Waals surface area contributed by atoms with Gasteiger partial charge in [-0.2, -0.15) is 0 Å². The molecule has 2 rings (SSSR count). The second kappa shape index (κ2) is 5.75. The second-order valence-electron chi connectivity index (χ2n) is 4.77. The van der Waals surface area contributed by atoms with Gasteiger partial charge in [-0.3, -0.25) is 4.79 Å². The van der Waals surface area contributed by atoms with E-state index in [0.717, 1.165) is 6.42 Å². The fourth-order valence-corrected chi connectivity index (χ4v) is 2.45. The van der Waals surface area contributed by atoms with Crippen LogP contribution in [0, 0.1) is 0 Å². The standard InChI is InChI=1S/C13H18ClN3O2/c1-3-10-7-19-8(2)6-17(10)13(18)9-4-11(14)16-12(15)5-9/h4-5,8,10H,3,6-7H2,1-2H3,(H2,15,16). The maximum atomic E-state index is 12.5. The number of carbonyl (C=O) groups excluding carboxylic acids is 1. The number of amides is 1. The molecule has 1 aliphatic heterocycles. The van der Waals surface area contributed by atoms with E-state index in [9.17, 15) is 4.79 Å². The highest BCUT2D eigenvalue weighted by Crippen LogP contribution is 2.20. The quantitative estimate of drug-likeness (QED) is 0.843. The molecular weight excluding hydrogens is 266 g/mol. The third kappa shape index (κ3) is 3.16. The van der Waals surface area contributed by atoms with E-state index in [-0.39, 0.29) is 29.0 Å². The molecule has 1 amide bonds. The summed E-state index contributed by atoms with van der Waals surface area (Å²) in [6, 6.07) is 3.20. The minimum atomic E-state index is -0.0713.